The molecule has 0 saturated heterocycles. The van der Waals surface area contributed by atoms with Crippen LogP contribution in [0.15, 0.2) is 179 Å². The van der Waals surface area contributed by atoms with E-state index < -0.39 is 5.97 Å². The number of ether oxygens (including phenoxy) is 5. The summed E-state index contributed by atoms with van der Waals surface area (Å²) < 4.78 is 39.6. The summed E-state index contributed by atoms with van der Waals surface area (Å²) in [5, 5.41) is 6.22. The SMILES string of the molecule is COCOc1cc(OCc2ccccc2)c(C)cc1-c1c(-c2ccc(C)c(C)c2)c2c3cc(C)c(C)cc3ccn2c1C(=O)OC.Cc1ccc(-c2c3c4cc(C)c(OCc5ccccc5)cc4oc(=O)c3n3ccc4cc(C)c(C)cc4c23)cc1C. The van der Waals surface area contributed by atoms with Gasteiger partial charge in [0.05, 0.1) is 18.1 Å². The maximum absolute atomic E-state index is 13.8. The number of rotatable bonds is 13. The van der Waals surface area contributed by atoms with Crippen molar-refractivity contribution in [3.63, 3.8) is 0 Å². The first-order chi connectivity index (χ1) is 42.0. The van der Waals surface area contributed by atoms with Gasteiger partial charge in [-0.2, -0.15) is 0 Å². The van der Waals surface area contributed by atoms with Crippen LogP contribution in [0.4, 0.5) is 0 Å². The molecule has 436 valence electrons. The molecule has 0 bridgehead atoms. The number of methoxy groups -OCH3 is 2. The fraction of sp³-hybridized carbons (Fsp3) is 0.195. The molecule has 13 rings (SSSR count). The van der Waals surface area contributed by atoms with Gasteiger partial charge in [-0.15, -0.1) is 0 Å². The number of carbonyl (C=O) groups is 1. The van der Waals surface area contributed by atoms with Crippen LogP contribution in [0.25, 0.3) is 87.8 Å². The number of benzene rings is 8. The molecular formula is C77H70N2O8. The van der Waals surface area contributed by atoms with Crippen LogP contribution in [0.3, 0.4) is 0 Å². The minimum Gasteiger partial charge on any atom is -0.488 e. The van der Waals surface area contributed by atoms with Crippen molar-refractivity contribution in [3.05, 3.63) is 253 Å². The molecule has 8 aromatic carbocycles. The van der Waals surface area contributed by atoms with E-state index in [1.54, 1.807) is 7.11 Å². The molecule has 0 unspecified atom stereocenters. The third kappa shape index (κ3) is 10.6. The monoisotopic (exact) mass is 1150 g/mol. The molecule has 5 heterocycles. The van der Waals surface area contributed by atoms with Crippen molar-refractivity contribution in [2.45, 2.75) is 82.5 Å². The lowest BCUT2D eigenvalue weighted by Crippen LogP contribution is -2.08. The van der Waals surface area contributed by atoms with Gasteiger partial charge in [-0.25, -0.2) is 9.59 Å². The van der Waals surface area contributed by atoms with Crippen LogP contribution in [-0.2, 0) is 22.7 Å². The van der Waals surface area contributed by atoms with Gasteiger partial charge in [0.25, 0.3) is 0 Å². The average molecular weight is 1150 g/mol. The number of hydrogen-bond donors (Lipinski definition) is 0. The van der Waals surface area contributed by atoms with Crippen molar-refractivity contribution in [2.24, 2.45) is 0 Å². The van der Waals surface area contributed by atoms with E-state index in [9.17, 15) is 9.59 Å². The highest BCUT2D eigenvalue weighted by Gasteiger charge is 2.31. The van der Waals surface area contributed by atoms with Gasteiger partial charge in [-0.1, -0.05) is 109 Å². The zero-order chi connectivity index (χ0) is 60.9. The van der Waals surface area contributed by atoms with E-state index >= 15 is 0 Å². The second-order valence-electron chi connectivity index (χ2n) is 23.1. The topological polar surface area (TPSA) is 102 Å². The fourth-order valence-electron chi connectivity index (χ4n) is 12.0. The van der Waals surface area contributed by atoms with E-state index in [-0.39, 0.29) is 12.4 Å². The Morgan fingerprint density at radius 2 is 0.931 bits per heavy atom. The van der Waals surface area contributed by atoms with E-state index in [2.05, 4.69) is 134 Å². The molecule has 0 amide bonds. The van der Waals surface area contributed by atoms with Crippen LogP contribution in [0, 0.1) is 69.2 Å². The van der Waals surface area contributed by atoms with Crippen LogP contribution >= 0.6 is 0 Å². The third-order valence-corrected chi connectivity index (χ3v) is 17.3. The van der Waals surface area contributed by atoms with Gasteiger partial charge in [-0.3, -0.25) is 0 Å². The largest absolute Gasteiger partial charge is 0.488 e. The molecule has 0 radical (unpaired) electrons. The lowest BCUT2D eigenvalue weighted by atomic mass is 9.91. The normalized spacial score (nSPS) is 11.5. The van der Waals surface area contributed by atoms with Crippen molar-refractivity contribution >= 4 is 60.4 Å². The van der Waals surface area contributed by atoms with Gasteiger partial charge >= 0.3 is 11.6 Å². The van der Waals surface area contributed by atoms with E-state index in [4.69, 9.17) is 28.1 Å². The molecule has 13 aromatic rings. The standard InChI is InChI=1S/C40H39NO5.C37H31NO3/c1-24-13-14-31(18-25(24)2)36-37(39(40(42)44-7)41-16-15-30-17-26(3)27(4)19-32(30)38(36)41)33-20-28(5)34(21-35(33)46-23-43-6)45-22-29-11-9-8-10-12-29;1-21-11-12-28(16-22(21)2)33-34-30-18-25(5)31(40-20-26-9-7-6-8-10-26)19-32(30)41-37(39)36(34)38-14-13-27-15-23(3)24(4)17-29(27)35(33)38/h8-21H,22-23H2,1-7H3;6-19H,20H2,1-5H3. The van der Waals surface area contributed by atoms with Crippen LogP contribution in [0.5, 0.6) is 17.2 Å². The van der Waals surface area contributed by atoms with Crippen LogP contribution < -0.4 is 19.8 Å². The molecule has 0 spiro atoms. The van der Waals surface area contributed by atoms with Crippen molar-refractivity contribution in [1.82, 2.24) is 8.80 Å². The summed E-state index contributed by atoms with van der Waals surface area (Å²) in [7, 11) is 3.01. The Morgan fingerprint density at radius 3 is 1.48 bits per heavy atom. The zero-order valence-electron chi connectivity index (χ0n) is 51.4. The third-order valence-electron chi connectivity index (χ3n) is 17.3. The summed E-state index contributed by atoms with van der Waals surface area (Å²) >= 11 is 0. The maximum Gasteiger partial charge on any atom is 0.361 e. The van der Waals surface area contributed by atoms with Crippen LogP contribution in [0.2, 0.25) is 0 Å². The van der Waals surface area contributed by atoms with E-state index in [0.717, 1.165) is 105 Å². The van der Waals surface area contributed by atoms with E-state index in [0.29, 0.717) is 47.3 Å². The number of esters is 1. The molecule has 5 aromatic heterocycles. The number of nitrogens with zero attached hydrogens (tertiary/aromatic N) is 2. The second kappa shape index (κ2) is 23.5. The summed E-state index contributed by atoms with van der Waals surface area (Å²) in [5.41, 5.74) is 22.3. The smallest absolute Gasteiger partial charge is 0.361 e. The number of pyridine rings is 2. The summed E-state index contributed by atoms with van der Waals surface area (Å²) in [6, 6.07) is 54.1. The predicted octanol–water partition coefficient (Wildman–Crippen LogP) is 18.5. The van der Waals surface area contributed by atoms with Crippen LogP contribution in [0.1, 0.15) is 77.2 Å². The Kier molecular flexibility index (Phi) is 15.5. The highest BCUT2D eigenvalue weighted by atomic mass is 16.7. The summed E-state index contributed by atoms with van der Waals surface area (Å²) in [6.07, 6.45) is 3.97. The number of carbonyl (C=O) groups excluding carboxylic acids is 1. The minimum atomic E-state index is -0.442. The number of hydrogen-bond acceptors (Lipinski definition) is 8. The first kappa shape index (κ1) is 57.5. The van der Waals surface area contributed by atoms with Gasteiger partial charge in [0, 0.05) is 75.4 Å². The molecule has 0 atom stereocenters. The molecule has 10 nitrogen and oxygen atoms in total. The van der Waals surface area contributed by atoms with E-state index in [1.165, 1.54) is 46.1 Å². The van der Waals surface area contributed by atoms with Crippen molar-refractivity contribution in [1.29, 1.82) is 0 Å². The molecule has 87 heavy (non-hydrogen) atoms. The Balaban J connectivity index is 0.000000171. The number of aromatic nitrogens is 2. The number of fused-ring (bicyclic) bond motifs is 10. The van der Waals surface area contributed by atoms with Crippen molar-refractivity contribution in [3.8, 4) is 50.6 Å². The molecule has 0 aliphatic rings. The van der Waals surface area contributed by atoms with Gasteiger partial charge in [0.2, 0.25) is 0 Å². The molecule has 0 aliphatic heterocycles. The Morgan fingerprint density at radius 1 is 0.437 bits per heavy atom. The summed E-state index contributed by atoms with van der Waals surface area (Å²) in [5.74, 6) is 1.49. The molecule has 0 aliphatic carbocycles. The lowest BCUT2D eigenvalue weighted by molar-refractivity contribution is 0.0513. The first-order valence-corrected chi connectivity index (χ1v) is 29.4. The number of aryl methyl sites for hydroxylation is 10. The first-order valence-electron chi connectivity index (χ1n) is 29.4. The molecular weight excluding hydrogens is 1080 g/mol. The molecule has 0 fully saturated rings. The lowest BCUT2D eigenvalue weighted by Gasteiger charge is -2.18. The highest BCUT2D eigenvalue weighted by molar-refractivity contribution is 6.22. The van der Waals surface area contributed by atoms with Gasteiger partial charge in [0.1, 0.15) is 47.3 Å². The molecule has 0 N–H and O–H groups in total. The zero-order valence-corrected chi connectivity index (χ0v) is 51.4. The minimum absolute atomic E-state index is 0.0233. The van der Waals surface area contributed by atoms with Crippen LogP contribution in [-0.4, -0.2) is 35.8 Å². The quantitative estimate of drug-likeness (QED) is 0.0639. The van der Waals surface area contributed by atoms with Crippen molar-refractivity contribution < 1.29 is 32.9 Å². The molecule has 0 saturated carbocycles. The second-order valence-corrected chi connectivity index (χ2v) is 23.1. The summed E-state index contributed by atoms with van der Waals surface area (Å²) in [6.45, 7) is 21.9. The Hall–Kier alpha value is -9.90. The Labute approximate surface area is 506 Å². The maximum atomic E-state index is 13.8. The Bertz CT molecular complexity index is 4930. The predicted molar refractivity (Wildman–Crippen MR) is 352 cm³/mol. The average Bonchev–Trinajstić information content (AvgIpc) is 1.69. The molecule has 10 heteroatoms. The summed E-state index contributed by atoms with van der Waals surface area (Å²) in [4.78, 5) is 27.6. The van der Waals surface area contributed by atoms with Crippen molar-refractivity contribution in [2.75, 3.05) is 21.0 Å². The van der Waals surface area contributed by atoms with Gasteiger partial charge in [0.15, 0.2) is 6.79 Å². The van der Waals surface area contributed by atoms with Gasteiger partial charge < -0.3 is 36.9 Å². The van der Waals surface area contributed by atoms with E-state index in [1.807, 2.05) is 114 Å². The highest BCUT2D eigenvalue weighted by Crippen LogP contribution is 2.49. The fourth-order valence-corrected chi connectivity index (χ4v) is 12.0. The van der Waals surface area contributed by atoms with Gasteiger partial charge in [-0.05, 0) is 194 Å².